The summed E-state index contributed by atoms with van der Waals surface area (Å²) in [5.74, 6) is 0.193. The van der Waals surface area contributed by atoms with Crippen LogP contribution in [0.3, 0.4) is 0 Å². The number of amides is 1. The van der Waals surface area contributed by atoms with Crippen molar-refractivity contribution in [3.05, 3.63) is 18.3 Å². The fourth-order valence-corrected chi connectivity index (χ4v) is 1.15. The monoisotopic (exact) mass is 223 g/mol. The van der Waals surface area contributed by atoms with Crippen molar-refractivity contribution in [1.29, 1.82) is 0 Å². The maximum absolute atomic E-state index is 11.6. The second kappa shape index (κ2) is 6.07. The van der Waals surface area contributed by atoms with Gasteiger partial charge in [-0.05, 0) is 25.5 Å². The molecular formula is C11H17N3O2. The standard InChI is InChI=1S/C11H17N3O2/c1-3-8(12)10(15)14-9-6-5-7-13-11(9)16-4-2/h5-8H,3-4,12H2,1-2H3,(H,14,15). The van der Waals surface area contributed by atoms with Crippen molar-refractivity contribution in [2.24, 2.45) is 5.73 Å². The second-order valence-electron chi connectivity index (χ2n) is 3.29. The zero-order chi connectivity index (χ0) is 12.0. The van der Waals surface area contributed by atoms with Gasteiger partial charge >= 0.3 is 0 Å². The minimum absolute atomic E-state index is 0.226. The average Bonchev–Trinajstić information content (AvgIpc) is 2.31. The van der Waals surface area contributed by atoms with E-state index >= 15 is 0 Å². The first-order valence-electron chi connectivity index (χ1n) is 5.33. The number of carbonyl (C=O) groups excluding carboxylic acids is 1. The predicted molar refractivity (Wildman–Crippen MR) is 62.3 cm³/mol. The summed E-state index contributed by atoms with van der Waals surface area (Å²) in [6.45, 7) is 4.22. The summed E-state index contributed by atoms with van der Waals surface area (Å²) in [6, 6.07) is 2.96. The van der Waals surface area contributed by atoms with Crippen LogP contribution in [0.25, 0.3) is 0 Å². The first-order valence-corrected chi connectivity index (χ1v) is 5.33. The van der Waals surface area contributed by atoms with E-state index < -0.39 is 6.04 Å². The highest BCUT2D eigenvalue weighted by Crippen LogP contribution is 2.20. The number of nitrogens with two attached hydrogens (primary N) is 1. The van der Waals surface area contributed by atoms with Crippen LogP contribution in [0.2, 0.25) is 0 Å². The molecule has 88 valence electrons. The highest BCUT2D eigenvalue weighted by molar-refractivity contribution is 5.95. The normalized spacial score (nSPS) is 11.9. The number of anilines is 1. The molecule has 0 spiro atoms. The van der Waals surface area contributed by atoms with Gasteiger partial charge in [0.05, 0.1) is 12.6 Å². The molecule has 1 rings (SSSR count). The Balaban J connectivity index is 2.76. The third-order valence-corrected chi connectivity index (χ3v) is 2.09. The number of nitrogens with one attached hydrogen (secondary N) is 1. The Kier molecular flexibility index (Phi) is 4.72. The molecule has 0 saturated carbocycles. The Labute approximate surface area is 95.0 Å². The quantitative estimate of drug-likeness (QED) is 0.785. The Morgan fingerprint density at radius 2 is 2.38 bits per heavy atom. The van der Waals surface area contributed by atoms with E-state index in [1.807, 2.05) is 13.8 Å². The van der Waals surface area contributed by atoms with Crippen molar-refractivity contribution in [3.63, 3.8) is 0 Å². The highest BCUT2D eigenvalue weighted by atomic mass is 16.5. The van der Waals surface area contributed by atoms with Gasteiger partial charge in [0.1, 0.15) is 5.69 Å². The van der Waals surface area contributed by atoms with E-state index in [0.717, 1.165) is 0 Å². The summed E-state index contributed by atoms with van der Waals surface area (Å²) in [5, 5.41) is 2.69. The Morgan fingerprint density at radius 3 is 3.00 bits per heavy atom. The lowest BCUT2D eigenvalue weighted by molar-refractivity contribution is -0.117. The van der Waals surface area contributed by atoms with Crippen molar-refractivity contribution in [3.8, 4) is 5.88 Å². The third-order valence-electron chi connectivity index (χ3n) is 2.09. The Bertz CT molecular complexity index is 355. The molecule has 3 N–H and O–H groups in total. The number of hydrogen-bond acceptors (Lipinski definition) is 4. The smallest absolute Gasteiger partial charge is 0.241 e. The number of ether oxygens (including phenoxy) is 1. The molecule has 1 unspecified atom stereocenters. The minimum atomic E-state index is -0.505. The summed E-state index contributed by atoms with van der Waals surface area (Å²) in [4.78, 5) is 15.6. The van der Waals surface area contributed by atoms with Crippen LogP contribution >= 0.6 is 0 Å². The Hall–Kier alpha value is -1.62. The van der Waals surface area contributed by atoms with Gasteiger partial charge in [-0.25, -0.2) is 4.98 Å². The van der Waals surface area contributed by atoms with Gasteiger partial charge in [0.25, 0.3) is 0 Å². The van der Waals surface area contributed by atoms with Crippen LogP contribution in [0.4, 0.5) is 5.69 Å². The molecule has 1 amide bonds. The molecule has 16 heavy (non-hydrogen) atoms. The van der Waals surface area contributed by atoms with E-state index in [9.17, 15) is 4.79 Å². The molecule has 0 saturated heterocycles. The van der Waals surface area contributed by atoms with Crippen molar-refractivity contribution in [2.75, 3.05) is 11.9 Å². The van der Waals surface area contributed by atoms with Gasteiger partial charge in [0, 0.05) is 6.20 Å². The summed E-state index contributed by atoms with van der Waals surface area (Å²) < 4.78 is 5.28. The van der Waals surface area contributed by atoms with Crippen LogP contribution < -0.4 is 15.8 Å². The molecule has 1 aromatic heterocycles. The molecule has 0 aliphatic rings. The predicted octanol–water partition coefficient (Wildman–Crippen LogP) is 1.16. The number of hydrogen-bond donors (Lipinski definition) is 2. The van der Waals surface area contributed by atoms with Crippen LogP contribution in [-0.4, -0.2) is 23.5 Å². The third kappa shape index (κ3) is 3.20. The summed E-state index contributed by atoms with van der Waals surface area (Å²) in [7, 11) is 0. The molecular weight excluding hydrogens is 206 g/mol. The minimum Gasteiger partial charge on any atom is -0.476 e. The fraction of sp³-hybridized carbons (Fsp3) is 0.455. The van der Waals surface area contributed by atoms with Gasteiger partial charge in [-0.2, -0.15) is 0 Å². The molecule has 0 aromatic carbocycles. The van der Waals surface area contributed by atoms with Crippen LogP contribution in [0.5, 0.6) is 5.88 Å². The summed E-state index contributed by atoms with van der Waals surface area (Å²) in [6.07, 6.45) is 2.20. The van der Waals surface area contributed by atoms with Crippen LogP contribution in [-0.2, 0) is 4.79 Å². The zero-order valence-electron chi connectivity index (χ0n) is 9.56. The van der Waals surface area contributed by atoms with Crippen molar-refractivity contribution >= 4 is 11.6 Å². The summed E-state index contributed by atoms with van der Waals surface area (Å²) in [5.41, 5.74) is 6.17. The molecule has 0 fully saturated rings. The SMILES string of the molecule is CCOc1ncccc1NC(=O)C(N)CC. The maximum atomic E-state index is 11.6. The van der Waals surface area contributed by atoms with E-state index in [4.69, 9.17) is 10.5 Å². The van der Waals surface area contributed by atoms with E-state index in [1.54, 1.807) is 18.3 Å². The van der Waals surface area contributed by atoms with Crippen molar-refractivity contribution in [1.82, 2.24) is 4.98 Å². The maximum Gasteiger partial charge on any atom is 0.241 e. The number of aromatic nitrogens is 1. The number of nitrogens with zero attached hydrogens (tertiary/aromatic N) is 1. The first-order chi connectivity index (χ1) is 7.69. The van der Waals surface area contributed by atoms with Crippen molar-refractivity contribution < 1.29 is 9.53 Å². The lowest BCUT2D eigenvalue weighted by Crippen LogP contribution is -2.34. The molecule has 0 aliphatic carbocycles. The van der Waals surface area contributed by atoms with Gasteiger partial charge < -0.3 is 15.8 Å². The molecule has 1 aromatic rings. The largest absolute Gasteiger partial charge is 0.476 e. The molecule has 5 nitrogen and oxygen atoms in total. The average molecular weight is 223 g/mol. The molecule has 1 atom stereocenters. The van der Waals surface area contributed by atoms with E-state index in [1.165, 1.54) is 0 Å². The lowest BCUT2D eigenvalue weighted by Gasteiger charge is -2.12. The van der Waals surface area contributed by atoms with Crippen LogP contribution in [0.15, 0.2) is 18.3 Å². The van der Waals surface area contributed by atoms with E-state index in [2.05, 4.69) is 10.3 Å². The second-order valence-corrected chi connectivity index (χ2v) is 3.29. The van der Waals surface area contributed by atoms with Gasteiger partial charge in [0.15, 0.2) is 0 Å². The summed E-state index contributed by atoms with van der Waals surface area (Å²) >= 11 is 0. The lowest BCUT2D eigenvalue weighted by atomic mass is 10.2. The van der Waals surface area contributed by atoms with Crippen LogP contribution in [0.1, 0.15) is 20.3 Å². The van der Waals surface area contributed by atoms with Gasteiger partial charge in [0.2, 0.25) is 11.8 Å². The van der Waals surface area contributed by atoms with E-state index in [-0.39, 0.29) is 5.91 Å². The molecule has 5 heteroatoms. The van der Waals surface area contributed by atoms with Gasteiger partial charge in [-0.15, -0.1) is 0 Å². The number of rotatable bonds is 5. The number of carbonyl (C=O) groups is 1. The fourth-order valence-electron chi connectivity index (χ4n) is 1.15. The number of pyridine rings is 1. The molecule has 0 aliphatic heterocycles. The molecule has 1 heterocycles. The van der Waals surface area contributed by atoms with Crippen molar-refractivity contribution in [2.45, 2.75) is 26.3 Å². The topological polar surface area (TPSA) is 77.2 Å². The Morgan fingerprint density at radius 1 is 1.62 bits per heavy atom. The van der Waals surface area contributed by atoms with Gasteiger partial charge in [-0.1, -0.05) is 6.92 Å². The first kappa shape index (κ1) is 12.4. The van der Waals surface area contributed by atoms with Crippen LogP contribution in [0, 0.1) is 0 Å². The van der Waals surface area contributed by atoms with Gasteiger partial charge in [-0.3, -0.25) is 4.79 Å². The molecule has 0 bridgehead atoms. The van der Waals surface area contributed by atoms with E-state index in [0.29, 0.717) is 24.6 Å². The zero-order valence-corrected chi connectivity index (χ0v) is 9.56. The highest BCUT2D eigenvalue weighted by Gasteiger charge is 2.13. The molecule has 0 radical (unpaired) electrons.